The maximum absolute atomic E-state index is 11.0. The number of nitrogens with zero attached hydrogens (tertiary/aromatic N) is 3. The fourth-order valence-corrected chi connectivity index (χ4v) is 3.43. The second-order valence-electron chi connectivity index (χ2n) is 6.57. The molecule has 2 aromatic heterocycles. The number of hydrogen-bond donors (Lipinski definition) is 1. The van der Waals surface area contributed by atoms with Crippen molar-refractivity contribution in [2.45, 2.75) is 32.6 Å². The highest BCUT2D eigenvalue weighted by molar-refractivity contribution is 9.10. The first-order valence-corrected chi connectivity index (χ1v) is 7.87. The Kier molecular flexibility index (Phi) is 3.32. The molecule has 3 aromatic rings. The van der Waals surface area contributed by atoms with Crippen molar-refractivity contribution in [3.8, 4) is 0 Å². The van der Waals surface area contributed by atoms with Gasteiger partial charge in [-0.2, -0.15) is 0 Å². The molecule has 0 unspecified atom stereocenters. The van der Waals surface area contributed by atoms with E-state index in [-0.39, 0.29) is 11.8 Å². The average molecular weight is 364 g/mol. The third-order valence-electron chi connectivity index (χ3n) is 3.96. The summed E-state index contributed by atoms with van der Waals surface area (Å²) >= 11 is 3.53. The Hall–Kier alpha value is -1.82. The molecular weight excluding hydrogens is 346 g/mol. The minimum atomic E-state index is -0.858. The summed E-state index contributed by atoms with van der Waals surface area (Å²) in [6.07, 6.45) is -0.0397. The van der Waals surface area contributed by atoms with Crippen LogP contribution in [0.15, 0.2) is 22.8 Å². The highest BCUT2D eigenvalue weighted by Crippen LogP contribution is 2.30. The van der Waals surface area contributed by atoms with E-state index >= 15 is 0 Å². The van der Waals surface area contributed by atoms with Crippen molar-refractivity contribution in [1.29, 1.82) is 0 Å². The number of aryl methyl sites for hydroxylation is 1. The van der Waals surface area contributed by atoms with Crippen molar-refractivity contribution in [1.82, 2.24) is 14.0 Å². The number of halogens is 1. The average Bonchev–Trinajstić information content (AvgIpc) is 2.89. The van der Waals surface area contributed by atoms with Gasteiger partial charge in [-0.3, -0.25) is 9.20 Å². The van der Waals surface area contributed by atoms with Gasteiger partial charge in [-0.15, -0.1) is 0 Å². The van der Waals surface area contributed by atoms with Crippen LogP contribution in [-0.2, 0) is 23.7 Å². The van der Waals surface area contributed by atoms with Crippen molar-refractivity contribution in [2.75, 3.05) is 0 Å². The molecule has 116 valence electrons. The minimum absolute atomic E-state index is 0.0397. The first-order valence-electron chi connectivity index (χ1n) is 7.07. The first kappa shape index (κ1) is 15.1. The number of imidazole rings is 2. The van der Waals surface area contributed by atoms with E-state index in [1.165, 1.54) is 5.56 Å². The lowest BCUT2D eigenvalue weighted by Crippen LogP contribution is -2.10. The zero-order valence-corrected chi connectivity index (χ0v) is 14.6. The van der Waals surface area contributed by atoms with E-state index in [9.17, 15) is 4.79 Å². The van der Waals surface area contributed by atoms with Crippen LogP contribution in [0.4, 0.5) is 0 Å². The van der Waals surface area contributed by atoms with E-state index in [0.29, 0.717) is 5.69 Å². The molecule has 0 aliphatic carbocycles. The number of fused-ring (bicyclic) bond motifs is 3. The van der Waals surface area contributed by atoms with Gasteiger partial charge >= 0.3 is 5.97 Å². The molecule has 0 saturated carbocycles. The van der Waals surface area contributed by atoms with Crippen LogP contribution in [0, 0.1) is 0 Å². The van der Waals surface area contributed by atoms with E-state index in [1.807, 2.05) is 22.1 Å². The number of hydrogen-bond acceptors (Lipinski definition) is 2. The van der Waals surface area contributed by atoms with Gasteiger partial charge in [0.25, 0.3) is 0 Å². The number of aliphatic carboxylic acids is 1. The first-order chi connectivity index (χ1) is 10.2. The van der Waals surface area contributed by atoms with E-state index in [0.717, 1.165) is 21.4 Å². The Morgan fingerprint density at radius 2 is 2.05 bits per heavy atom. The molecule has 22 heavy (non-hydrogen) atoms. The number of carbonyl (C=O) groups is 1. The fourth-order valence-electron chi connectivity index (χ4n) is 2.68. The summed E-state index contributed by atoms with van der Waals surface area (Å²) < 4.78 is 4.54. The molecule has 3 rings (SSSR count). The topological polar surface area (TPSA) is 59.5 Å². The molecule has 1 aromatic carbocycles. The quantitative estimate of drug-likeness (QED) is 0.757. The van der Waals surface area contributed by atoms with Crippen molar-refractivity contribution < 1.29 is 9.90 Å². The lowest BCUT2D eigenvalue weighted by atomic mass is 9.87. The Morgan fingerprint density at radius 1 is 1.36 bits per heavy atom. The predicted molar refractivity (Wildman–Crippen MR) is 89.4 cm³/mol. The number of benzene rings is 1. The van der Waals surface area contributed by atoms with Gasteiger partial charge in [-0.25, -0.2) is 4.98 Å². The third kappa shape index (κ3) is 2.22. The Labute approximate surface area is 136 Å². The van der Waals surface area contributed by atoms with Crippen molar-refractivity contribution in [3.63, 3.8) is 0 Å². The lowest BCUT2D eigenvalue weighted by molar-refractivity contribution is -0.136. The van der Waals surface area contributed by atoms with Gasteiger partial charge in [0.2, 0.25) is 5.78 Å². The predicted octanol–water partition coefficient (Wildman–Crippen LogP) is 3.51. The normalized spacial score (nSPS) is 12.4. The zero-order chi connectivity index (χ0) is 16.2. The fraction of sp³-hybridized carbons (Fsp3) is 0.375. The second-order valence-corrected chi connectivity index (χ2v) is 7.32. The van der Waals surface area contributed by atoms with Crippen molar-refractivity contribution in [3.05, 3.63) is 34.1 Å². The standard InChI is InChI=1S/C16H18BrN3O2/c1-16(2,3)9-5-6-11-10(7-9)18-15-19(4)12(8-13(21)22)14(17)20(11)15/h5-7H,8H2,1-4H3,(H,21,22). The minimum Gasteiger partial charge on any atom is -0.481 e. The van der Waals surface area contributed by atoms with Gasteiger partial charge in [-0.05, 0) is 39.0 Å². The number of rotatable bonds is 2. The summed E-state index contributed by atoms with van der Waals surface area (Å²) in [7, 11) is 1.84. The molecule has 0 saturated heterocycles. The summed E-state index contributed by atoms with van der Waals surface area (Å²) in [5.41, 5.74) is 3.89. The number of carboxylic acids is 1. The monoisotopic (exact) mass is 363 g/mol. The van der Waals surface area contributed by atoms with E-state index in [2.05, 4.69) is 53.8 Å². The van der Waals surface area contributed by atoms with Crippen LogP contribution in [0.2, 0.25) is 0 Å². The largest absolute Gasteiger partial charge is 0.481 e. The SMILES string of the molecule is Cn1c(CC(=O)O)c(Br)n2c3ccc(C(C)(C)C)cc3nc12. The molecule has 0 bridgehead atoms. The van der Waals surface area contributed by atoms with Crippen LogP contribution in [0.3, 0.4) is 0 Å². The van der Waals surface area contributed by atoms with Gasteiger partial charge in [0, 0.05) is 7.05 Å². The number of carboxylic acid groups (broad SMARTS) is 1. The highest BCUT2D eigenvalue weighted by Gasteiger charge is 2.21. The molecule has 2 heterocycles. The summed E-state index contributed by atoms with van der Waals surface area (Å²) in [5, 5.41) is 9.05. The molecular formula is C16H18BrN3O2. The van der Waals surface area contributed by atoms with Crippen LogP contribution < -0.4 is 0 Å². The van der Waals surface area contributed by atoms with Crippen LogP contribution in [-0.4, -0.2) is 25.0 Å². The van der Waals surface area contributed by atoms with Crippen LogP contribution in [0.25, 0.3) is 16.8 Å². The Bertz CT molecular complexity index is 900. The van der Waals surface area contributed by atoms with Gasteiger partial charge in [0.05, 0.1) is 23.1 Å². The molecule has 0 fully saturated rings. The van der Waals surface area contributed by atoms with Crippen molar-refractivity contribution in [2.24, 2.45) is 7.05 Å². The van der Waals surface area contributed by atoms with Crippen molar-refractivity contribution >= 4 is 38.7 Å². The molecule has 0 aliphatic heterocycles. The molecule has 0 amide bonds. The zero-order valence-electron chi connectivity index (χ0n) is 13.0. The van der Waals surface area contributed by atoms with E-state index in [4.69, 9.17) is 5.11 Å². The maximum atomic E-state index is 11.0. The summed E-state index contributed by atoms with van der Waals surface area (Å²) in [6, 6.07) is 6.25. The van der Waals surface area contributed by atoms with Gasteiger partial charge in [0.15, 0.2) is 0 Å². The van der Waals surface area contributed by atoms with Crippen LogP contribution in [0.1, 0.15) is 32.0 Å². The molecule has 0 radical (unpaired) electrons. The summed E-state index contributed by atoms with van der Waals surface area (Å²) in [5.74, 6) is -0.118. The second kappa shape index (κ2) is 4.84. The molecule has 0 spiro atoms. The Morgan fingerprint density at radius 3 is 2.64 bits per heavy atom. The van der Waals surface area contributed by atoms with E-state index in [1.54, 1.807) is 0 Å². The van der Waals surface area contributed by atoms with Gasteiger partial charge in [-0.1, -0.05) is 26.8 Å². The van der Waals surface area contributed by atoms with Crippen LogP contribution >= 0.6 is 15.9 Å². The summed E-state index contributed by atoms with van der Waals surface area (Å²) in [4.78, 5) is 15.7. The number of aromatic nitrogens is 3. The molecule has 6 heteroatoms. The summed E-state index contributed by atoms with van der Waals surface area (Å²) in [6.45, 7) is 6.51. The molecule has 5 nitrogen and oxygen atoms in total. The maximum Gasteiger partial charge on any atom is 0.309 e. The lowest BCUT2D eigenvalue weighted by Gasteiger charge is -2.18. The van der Waals surface area contributed by atoms with Gasteiger partial charge < -0.3 is 9.67 Å². The molecule has 1 N–H and O–H groups in total. The molecule has 0 atom stereocenters. The van der Waals surface area contributed by atoms with E-state index < -0.39 is 5.97 Å². The third-order valence-corrected chi connectivity index (χ3v) is 4.77. The molecule has 0 aliphatic rings. The van der Waals surface area contributed by atoms with Crippen LogP contribution in [0.5, 0.6) is 0 Å². The van der Waals surface area contributed by atoms with Gasteiger partial charge in [0.1, 0.15) is 4.60 Å². The highest BCUT2D eigenvalue weighted by atomic mass is 79.9. The smallest absolute Gasteiger partial charge is 0.309 e. The Balaban J connectivity index is 2.29.